The Labute approximate surface area is 78.8 Å². The summed E-state index contributed by atoms with van der Waals surface area (Å²) in [5.74, 6) is 0.0520. The monoisotopic (exact) mass is 206 g/mol. The third-order valence-corrected chi connectivity index (χ3v) is 4.68. The Morgan fingerprint density at radius 2 is 2.15 bits per heavy atom. The number of aliphatic hydroxyl groups is 1. The summed E-state index contributed by atoms with van der Waals surface area (Å²) in [5.41, 5.74) is -0.862. The van der Waals surface area contributed by atoms with Gasteiger partial charge in [0.1, 0.15) is 16.3 Å². The quantitative estimate of drug-likeness (QED) is 0.569. The van der Waals surface area contributed by atoms with Crippen molar-refractivity contribution in [2.24, 2.45) is 5.92 Å². The number of thiol groups is 1. The Bertz CT molecular complexity index is 293. The Balaban J connectivity index is 2.34. The number of hydrogen-bond donors (Lipinski definition) is 2. The molecule has 5 unspecified atom stereocenters. The molecule has 0 radical (unpaired) electrons. The molecule has 2 rings (SSSR count). The van der Waals surface area contributed by atoms with Crippen molar-refractivity contribution in [3.8, 4) is 0 Å². The molecule has 76 valence electrons. The summed E-state index contributed by atoms with van der Waals surface area (Å²) in [6, 6.07) is 0. The average molecular weight is 206 g/mol. The highest BCUT2D eigenvalue weighted by Crippen LogP contribution is 2.47. The first-order valence-corrected chi connectivity index (χ1v) is 5.71. The maximum Gasteiger partial charge on any atom is 0.146 e. The molecule has 13 heavy (non-hydrogen) atoms. The van der Waals surface area contributed by atoms with E-state index in [9.17, 15) is 13.5 Å². The zero-order chi connectivity index (χ0) is 9.80. The van der Waals surface area contributed by atoms with E-state index >= 15 is 0 Å². The van der Waals surface area contributed by atoms with Gasteiger partial charge < -0.3 is 9.84 Å². The Morgan fingerprint density at radius 1 is 1.54 bits per heavy atom. The SMILES string of the molecule is CC1C2CC([SH](=O)=O)C(C)(O2)C1O. The van der Waals surface area contributed by atoms with Crippen molar-refractivity contribution >= 4 is 10.7 Å². The number of rotatable bonds is 1. The summed E-state index contributed by atoms with van der Waals surface area (Å²) < 4.78 is 27.3. The second kappa shape index (κ2) is 2.68. The number of fused-ring (bicyclic) bond motifs is 2. The van der Waals surface area contributed by atoms with E-state index in [2.05, 4.69) is 0 Å². The van der Waals surface area contributed by atoms with Crippen molar-refractivity contribution in [3.05, 3.63) is 0 Å². The molecule has 0 aromatic rings. The van der Waals surface area contributed by atoms with Gasteiger partial charge in [0, 0.05) is 5.92 Å². The van der Waals surface area contributed by atoms with Gasteiger partial charge in [0.05, 0.1) is 17.5 Å². The first-order chi connectivity index (χ1) is 5.97. The minimum absolute atomic E-state index is 0.0520. The maximum absolute atomic E-state index is 10.9. The van der Waals surface area contributed by atoms with Crippen molar-refractivity contribution in [3.63, 3.8) is 0 Å². The van der Waals surface area contributed by atoms with Crippen molar-refractivity contribution in [1.82, 2.24) is 0 Å². The van der Waals surface area contributed by atoms with Gasteiger partial charge >= 0.3 is 0 Å². The predicted octanol–water partition coefficient (Wildman–Crippen LogP) is -0.475. The fourth-order valence-electron chi connectivity index (χ4n) is 2.52. The number of hydrogen-bond acceptors (Lipinski definition) is 4. The van der Waals surface area contributed by atoms with Gasteiger partial charge in [-0.2, -0.15) is 0 Å². The molecule has 0 spiro atoms. The third kappa shape index (κ3) is 1.07. The molecular weight excluding hydrogens is 192 g/mol. The summed E-state index contributed by atoms with van der Waals surface area (Å²) in [7, 11) is -2.50. The topological polar surface area (TPSA) is 63.6 Å². The molecule has 1 N–H and O–H groups in total. The molecule has 0 aromatic carbocycles. The van der Waals surface area contributed by atoms with E-state index in [4.69, 9.17) is 4.74 Å². The highest BCUT2D eigenvalue weighted by Gasteiger charge is 2.61. The van der Waals surface area contributed by atoms with Crippen LogP contribution in [0.1, 0.15) is 20.3 Å². The van der Waals surface area contributed by atoms with Gasteiger partial charge in [0.25, 0.3) is 0 Å². The molecule has 0 saturated carbocycles. The van der Waals surface area contributed by atoms with Crippen LogP contribution in [-0.4, -0.2) is 36.6 Å². The van der Waals surface area contributed by atoms with Crippen LogP contribution in [0.25, 0.3) is 0 Å². The summed E-state index contributed by atoms with van der Waals surface area (Å²) >= 11 is 0. The second-order valence-corrected chi connectivity index (χ2v) is 5.38. The largest absolute Gasteiger partial charge is 0.390 e. The Kier molecular flexibility index (Phi) is 1.94. The zero-order valence-electron chi connectivity index (χ0n) is 7.64. The lowest BCUT2D eigenvalue weighted by Crippen LogP contribution is -2.49. The molecule has 2 heterocycles. The molecule has 2 aliphatic rings. The predicted molar refractivity (Wildman–Crippen MR) is 47.2 cm³/mol. The van der Waals surface area contributed by atoms with Crippen LogP contribution in [0.2, 0.25) is 0 Å². The molecule has 5 atom stereocenters. The smallest absolute Gasteiger partial charge is 0.146 e. The summed E-state index contributed by atoms with van der Waals surface area (Å²) in [6.07, 6.45) is -0.199. The Morgan fingerprint density at radius 3 is 2.54 bits per heavy atom. The van der Waals surface area contributed by atoms with E-state index in [0.29, 0.717) is 6.42 Å². The highest BCUT2D eigenvalue weighted by molar-refractivity contribution is 7.73. The van der Waals surface area contributed by atoms with E-state index in [0.717, 1.165) is 0 Å². The van der Waals surface area contributed by atoms with E-state index in [1.165, 1.54) is 0 Å². The van der Waals surface area contributed by atoms with Crippen LogP contribution in [0, 0.1) is 5.92 Å². The molecule has 5 heteroatoms. The van der Waals surface area contributed by atoms with E-state index in [1.54, 1.807) is 6.92 Å². The first-order valence-electron chi connectivity index (χ1n) is 4.46. The molecule has 2 bridgehead atoms. The van der Waals surface area contributed by atoms with E-state index < -0.39 is 27.7 Å². The molecule has 2 fully saturated rings. The lowest BCUT2D eigenvalue weighted by molar-refractivity contribution is -0.0292. The van der Waals surface area contributed by atoms with E-state index in [-0.39, 0.29) is 12.0 Å². The minimum Gasteiger partial charge on any atom is -0.390 e. The Hall–Kier alpha value is -0.130. The molecule has 2 aliphatic heterocycles. The lowest BCUT2D eigenvalue weighted by atomic mass is 9.80. The van der Waals surface area contributed by atoms with Crippen LogP contribution in [0.15, 0.2) is 0 Å². The van der Waals surface area contributed by atoms with Crippen LogP contribution in [-0.2, 0) is 15.4 Å². The van der Waals surface area contributed by atoms with Crippen molar-refractivity contribution < 1.29 is 18.3 Å². The van der Waals surface area contributed by atoms with Crippen molar-refractivity contribution in [2.45, 2.75) is 43.3 Å². The van der Waals surface area contributed by atoms with Gasteiger partial charge in [0.15, 0.2) is 0 Å². The van der Waals surface area contributed by atoms with Gasteiger partial charge in [-0.15, -0.1) is 0 Å². The van der Waals surface area contributed by atoms with Gasteiger partial charge in [-0.1, -0.05) is 6.92 Å². The van der Waals surface area contributed by atoms with Gasteiger partial charge in [-0.05, 0) is 13.3 Å². The number of aliphatic hydroxyl groups excluding tert-OH is 1. The number of ether oxygens (including phenoxy) is 1. The molecular formula is C8H14O4S. The first kappa shape index (κ1) is 9.43. The van der Waals surface area contributed by atoms with Crippen molar-refractivity contribution in [2.75, 3.05) is 0 Å². The normalized spacial score (nSPS) is 54.8. The maximum atomic E-state index is 10.9. The fraction of sp³-hybridized carbons (Fsp3) is 1.00. The van der Waals surface area contributed by atoms with Crippen LogP contribution < -0.4 is 0 Å². The fourth-order valence-corrected chi connectivity index (χ4v) is 3.53. The molecule has 4 nitrogen and oxygen atoms in total. The second-order valence-electron chi connectivity index (χ2n) is 4.18. The lowest BCUT2D eigenvalue weighted by Gasteiger charge is -2.31. The molecule has 2 saturated heterocycles. The van der Waals surface area contributed by atoms with Gasteiger partial charge in [-0.25, -0.2) is 8.42 Å². The van der Waals surface area contributed by atoms with Gasteiger partial charge in [0.2, 0.25) is 0 Å². The highest BCUT2D eigenvalue weighted by atomic mass is 32.2. The zero-order valence-corrected chi connectivity index (χ0v) is 8.53. The molecule has 0 aliphatic carbocycles. The summed E-state index contributed by atoms with van der Waals surface area (Å²) in [6.45, 7) is 3.59. The third-order valence-electron chi connectivity index (χ3n) is 3.45. The molecule has 0 aromatic heterocycles. The standard InChI is InChI=1S/C8H14O4S/c1-4-5-3-6(13(10)11)8(2,12-5)7(4)9/h4-7,9,13H,3H2,1-2H3. The minimum atomic E-state index is -2.50. The summed E-state index contributed by atoms with van der Waals surface area (Å²) in [4.78, 5) is 0. The van der Waals surface area contributed by atoms with Crippen LogP contribution in [0.4, 0.5) is 0 Å². The van der Waals surface area contributed by atoms with E-state index in [1.807, 2.05) is 6.92 Å². The van der Waals surface area contributed by atoms with Crippen LogP contribution in [0.3, 0.4) is 0 Å². The van der Waals surface area contributed by atoms with Crippen LogP contribution in [0.5, 0.6) is 0 Å². The molecule has 0 amide bonds. The van der Waals surface area contributed by atoms with Crippen LogP contribution >= 0.6 is 0 Å². The van der Waals surface area contributed by atoms with Crippen molar-refractivity contribution in [1.29, 1.82) is 0 Å². The summed E-state index contributed by atoms with van der Waals surface area (Å²) in [5, 5.41) is 9.26. The average Bonchev–Trinajstić information content (AvgIpc) is 2.49. The van der Waals surface area contributed by atoms with Gasteiger partial charge in [-0.3, -0.25) is 0 Å².